The van der Waals surface area contributed by atoms with Crippen molar-refractivity contribution in [1.82, 2.24) is 10.2 Å². The standard InChI is InChI=1S/C17H25BrN2O2/c1-13-4-3-9-20(11-13)14(2)10-19-17(21)12-22-16-7-5-15(18)6-8-16/h5-8,13-14H,3-4,9-12H2,1-2H3,(H,19,21)/t13-,14-/m0/s1. The fourth-order valence-electron chi connectivity index (χ4n) is 2.75. The van der Waals surface area contributed by atoms with Crippen molar-refractivity contribution in [2.45, 2.75) is 32.7 Å². The Morgan fingerprint density at radius 1 is 1.45 bits per heavy atom. The highest BCUT2D eigenvalue weighted by Gasteiger charge is 2.21. The van der Waals surface area contributed by atoms with Gasteiger partial charge in [-0.1, -0.05) is 22.9 Å². The minimum absolute atomic E-state index is 0.0603. The number of hydrogen-bond acceptors (Lipinski definition) is 3. The molecule has 0 radical (unpaired) electrons. The van der Waals surface area contributed by atoms with Gasteiger partial charge in [-0.2, -0.15) is 0 Å². The Morgan fingerprint density at radius 3 is 2.86 bits per heavy atom. The lowest BCUT2D eigenvalue weighted by molar-refractivity contribution is -0.123. The van der Waals surface area contributed by atoms with E-state index in [4.69, 9.17) is 4.74 Å². The fourth-order valence-corrected chi connectivity index (χ4v) is 3.01. The van der Waals surface area contributed by atoms with Gasteiger partial charge in [0.05, 0.1) is 0 Å². The second-order valence-electron chi connectivity index (χ2n) is 6.14. The number of rotatable bonds is 6. The van der Waals surface area contributed by atoms with Gasteiger partial charge in [-0.05, 0) is 56.5 Å². The van der Waals surface area contributed by atoms with Gasteiger partial charge in [-0.3, -0.25) is 9.69 Å². The summed E-state index contributed by atoms with van der Waals surface area (Å²) < 4.78 is 6.47. The topological polar surface area (TPSA) is 41.6 Å². The van der Waals surface area contributed by atoms with E-state index in [1.165, 1.54) is 12.8 Å². The van der Waals surface area contributed by atoms with Gasteiger partial charge in [0, 0.05) is 23.6 Å². The summed E-state index contributed by atoms with van der Waals surface area (Å²) in [5.74, 6) is 1.39. The molecule has 0 bridgehead atoms. The van der Waals surface area contributed by atoms with Crippen LogP contribution in [0.4, 0.5) is 0 Å². The van der Waals surface area contributed by atoms with E-state index in [0.717, 1.165) is 23.5 Å². The predicted octanol–water partition coefficient (Wildman–Crippen LogP) is 3.06. The number of carbonyl (C=O) groups excluding carboxylic acids is 1. The van der Waals surface area contributed by atoms with Crippen molar-refractivity contribution in [2.24, 2.45) is 5.92 Å². The van der Waals surface area contributed by atoms with Crippen LogP contribution in [0, 0.1) is 5.92 Å². The minimum Gasteiger partial charge on any atom is -0.484 e. The van der Waals surface area contributed by atoms with Crippen LogP contribution in [0.25, 0.3) is 0 Å². The number of nitrogens with zero attached hydrogens (tertiary/aromatic N) is 1. The summed E-state index contributed by atoms with van der Waals surface area (Å²) in [4.78, 5) is 14.3. The SMILES string of the molecule is C[C@H]1CCCN([C@@H](C)CNC(=O)COc2ccc(Br)cc2)C1. The Morgan fingerprint density at radius 2 is 2.18 bits per heavy atom. The van der Waals surface area contributed by atoms with Gasteiger partial charge < -0.3 is 10.1 Å². The van der Waals surface area contributed by atoms with Crippen LogP contribution in [0.2, 0.25) is 0 Å². The molecule has 1 N–H and O–H groups in total. The molecule has 1 saturated heterocycles. The van der Waals surface area contributed by atoms with E-state index in [9.17, 15) is 4.79 Å². The maximum Gasteiger partial charge on any atom is 0.257 e. The summed E-state index contributed by atoms with van der Waals surface area (Å²) in [6.45, 7) is 7.47. The average Bonchev–Trinajstić information content (AvgIpc) is 2.52. The van der Waals surface area contributed by atoms with E-state index in [1.54, 1.807) is 0 Å². The third kappa shape index (κ3) is 5.61. The fraction of sp³-hybridized carbons (Fsp3) is 0.588. The van der Waals surface area contributed by atoms with Gasteiger partial charge in [0.25, 0.3) is 5.91 Å². The molecule has 22 heavy (non-hydrogen) atoms. The number of ether oxygens (including phenoxy) is 1. The smallest absolute Gasteiger partial charge is 0.257 e. The van der Waals surface area contributed by atoms with Gasteiger partial charge in [-0.15, -0.1) is 0 Å². The van der Waals surface area contributed by atoms with Crippen molar-refractivity contribution in [2.75, 3.05) is 26.2 Å². The molecule has 2 rings (SSSR count). The van der Waals surface area contributed by atoms with Crippen LogP contribution >= 0.6 is 15.9 Å². The molecule has 1 fully saturated rings. The molecular formula is C17H25BrN2O2. The molecule has 0 unspecified atom stereocenters. The van der Waals surface area contributed by atoms with Crippen molar-refractivity contribution >= 4 is 21.8 Å². The summed E-state index contributed by atoms with van der Waals surface area (Å²) in [7, 11) is 0. The highest BCUT2D eigenvalue weighted by Crippen LogP contribution is 2.17. The molecule has 4 nitrogen and oxygen atoms in total. The summed E-state index contributed by atoms with van der Waals surface area (Å²) in [6, 6.07) is 7.85. The second kappa shape index (κ2) is 8.53. The Balaban J connectivity index is 1.67. The second-order valence-corrected chi connectivity index (χ2v) is 7.05. The first-order valence-electron chi connectivity index (χ1n) is 7.93. The van der Waals surface area contributed by atoms with Crippen LogP contribution in [0.15, 0.2) is 28.7 Å². The number of piperidine rings is 1. The molecule has 122 valence electrons. The van der Waals surface area contributed by atoms with Gasteiger partial charge in [0.1, 0.15) is 5.75 Å². The largest absolute Gasteiger partial charge is 0.484 e. The molecule has 0 saturated carbocycles. The van der Waals surface area contributed by atoms with Crippen LogP contribution in [-0.2, 0) is 4.79 Å². The van der Waals surface area contributed by atoms with Crippen molar-refractivity contribution in [3.8, 4) is 5.75 Å². The molecule has 1 aromatic rings. The third-order valence-electron chi connectivity index (χ3n) is 4.09. The first-order chi connectivity index (χ1) is 10.5. The molecule has 1 heterocycles. The third-order valence-corrected chi connectivity index (χ3v) is 4.62. The van der Waals surface area contributed by atoms with E-state index in [2.05, 4.69) is 40.0 Å². The number of likely N-dealkylation sites (tertiary alicyclic amines) is 1. The molecule has 2 atom stereocenters. The molecule has 0 aliphatic carbocycles. The van der Waals surface area contributed by atoms with E-state index in [1.807, 2.05) is 24.3 Å². The molecule has 1 amide bonds. The van der Waals surface area contributed by atoms with E-state index in [-0.39, 0.29) is 12.5 Å². The van der Waals surface area contributed by atoms with E-state index < -0.39 is 0 Å². The molecular weight excluding hydrogens is 344 g/mol. The Bertz CT molecular complexity index is 478. The van der Waals surface area contributed by atoms with E-state index in [0.29, 0.717) is 18.3 Å². The Labute approximate surface area is 141 Å². The lowest BCUT2D eigenvalue weighted by Crippen LogP contribution is -2.46. The number of amides is 1. The predicted molar refractivity (Wildman–Crippen MR) is 92.1 cm³/mol. The lowest BCUT2D eigenvalue weighted by Gasteiger charge is -2.35. The quantitative estimate of drug-likeness (QED) is 0.838. The zero-order chi connectivity index (χ0) is 15.9. The molecule has 1 aliphatic rings. The number of carbonyl (C=O) groups is 1. The van der Waals surface area contributed by atoms with Gasteiger partial charge in [0.2, 0.25) is 0 Å². The van der Waals surface area contributed by atoms with Gasteiger partial charge in [-0.25, -0.2) is 0 Å². The summed E-state index contributed by atoms with van der Waals surface area (Å²) >= 11 is 3.37. The highest BCUT2D eigenvalue weighted by molar-refractivity contribution is 9.10. The highest BCUT2D eigenvalue weighted by atomic mass is 79.9. The average molecular weight is 369 g/mol. The molecule has 1 aromatic carbocycles. The summed E-state index contributed by atoms with van der Waals surface area (Å²) in [6.07, 6.45) is 2.57. The molecule has 0 aromatic heterocycles. The van der Waals surface area contributed by atoms with Crippen molar-refractivity contribution in [3.05, 3.63) is 28.7 Å². The first-order valence-corrected chi connectivity index (χ1v) is 8.73. The van der Waals surface area contributed by atoms with Crippen LogP contribution in [-0.4, -0.2) is 43.1 Å². The first kappa shape index (κ1) is 17.3. The number of benzene rings is 1. The zero-order valence-corrected chi connectivity index (χ0v) is 14.9. The van der Waals surface area contributed by atoms with Gasteiger partial charge in [0.15, 0.2) is 6.61 Å². The maximum atomic E-state index is 11.9. The Hall–Kier alpha value is -1.07. The lowest BCUT2D eigenvalue weighted by atomic mass is 9.99. The maximum absolute atomic E-state index is 11.9. The van der Waals surface area contributed by atoms with Gasteiger partial charge >= 0.3 is 0 Å². The van der Waals surface area contributed by atoms with Crippen molar-refractivity contribution in [1.29, 1.82) is 0 Å². The summed E-state index contributed by atoms with van der Waals surface area (Å²) in [5.41, 5.74) is 0. The minimum atomic E-state index is -0.0696. The van der Waals surface area contributed by atoms with Crippen LogP contribution in [0.5, 0.6) is 5.75 Å². The Kier molecular flexibility index (Phi) is 6.70. The van der Waals surface area contributed by atoms with Crippen molar-refractivity contribution in [3.63, 3.8) is 0 Å². The summed E-state index contributed by atoms with van der Waals surface area (Å²) in [5, 5.41) is 2.96. The molecule has 5 heteroatoms. The normalized spacial score (nSPS) is 20.4. The number of nitrogens with one attached hydrogen (secondary N) is 1. The number of hydrogen-bond donors (Lipinski definition) is 1. The molecule has 1 aliphatic heterocycles. The van der Waals surface area contributed by atoms with Crippen LogP contribution in [0.1, 0.15) is 26.7 Å². The molecule has 0 spiro atoms. The van der Waals surface area contributed by atoms with Crippen LogP contribution < -0.4 is 10.1 Å². The van der Waals surface area contributed by atoms with Crippen molar-refractivity contribution < 1.29 is 9.53 Å². The monoisotopic (exact) mass is 368 g/mol. The van der Waals surface area contributed by atoms with E-state index >= 15 is 0 Å². The number of halogens is 1. The van der Waals surface area contributed by atoms with Crippen LogP contribution in [0.3, 0.4) is 0 Å². The zero-order valence-electron chi connectivity index (χ0n) is 13.3.